The molecule has 6 nitrogen and oxygen atoms in total. The number of thiophene rings is 1. The van der Waals surface area contributed by atoms with Crippen LogP contribution in [0.2, 0.25) is 0 Å². The van der Waals surface area contributed by atoms with Gasteiger partial charge < -0.3 is 9.47 Å². The minimum absolute atomic E-state index is 0.0437. The molecule has 0 radical (unpaired) electrons. The summed E-state index contributed by atoms with van der Waals surface area (Å²) in [6, 6.07) is 8.53. The highest BCUT2D eigenvalue weighted by molar-refractivity contribution is 7.89. The molecule has 25 heavy (non-hydrogen) atoms. The summed E-state index contributed by atoms with van der Waals surface area (Å²) in [6.07, 6.45) is 1.65. The Labute approximate surface area is 151 Å². The molecule has 1 aromatic carbocycles. The zero-order valence-electron chi connectivity index (χ0n) is 14.0. The maximum absolute atomic E-state index is 12.7. The summed E-state index contributed by atoms with van der Waals surface area (Å²) in [6.45, 7) is 4.15. The Morgan fingerprint density at radius 1 is 1.28 bits per heavy atom. The molecule has 0 saturated heterocycles. The second-order valence-electron chi connectivity index (χ2n) is 5.11. The van der Waals surface area contributed by atoms with E-state index in [1.807, 2.05) is 0 Å². The van der Waals surface area contributed by atoms with Gasteiger partial charge in [-0.25, -0.2) is 13.2 Å². The summed E-state index contributed by atoms with van der Waals surface area (Å²) in [7, 11) is -1.12. The lowest BCUT2D eigenvalue weighted by atomic mass is 10.2. The first-order chi connectivity index (χ1) is 11.9. The van der Waals surface area contributed by atoms with Crippen LogP contribution < -0.4 is 4.74 Å². The van der Waals surface area contributed by atoms with Crippen LogP contribution in [0.4, 0.5) is 0 Å². The number of esters is 1. The van der Waals surface area contributed by atoms with Crippen molar-refractivity contribution in [3.8, 4) is 5.75 Å². The van der Waals surface area contributed by atoms with Crippen LogP contribution in [0.15, 0.2) is 53.3 Å². The molecular formula is C17H19NO5S2. The zero-order chi connectivity index (χ0) is 18.4. The predicted molar refractivity (Wildman–Crippen MR) is 96.4 cm³/mol. The molecule has 0 unspecified atom stereocenters. The number of hydrogen-bond donors (Lipinski definition) is 0. The third-order valence-electron chi connectivity index (χ3n) is 3.38. The van der Waals surface area contributed by atoms with E-state index < -0.39 is 16.0 Å². The van der Waals surface area contributed by atoms with Crippen LogP contribution in [-0.4, -0.2) is 39.5 Å². The fourth-order valence-corrected chi connectivity index (χ4v) is 4.56. The van der Waals surface area contributed by atoms with Gasteiger partial charge in [-0.2, -0.15) is 4.31 Å². The Hall–Kier alpha value is -2.16. The van der Waals surface area contributed by atoms with Crippen molar-refractivity contribution in [2.24, 2.45) is 0 Å². The molecule has 2 rings (SSSR count). The minimum Gasteiger partial charge on any atom is -0.490 e. The van der Waals surface area contributed by atoms with Crippen LogP contribution in [0, 0.1) is 0 Å². The highest BCUT2D eigenvalue weighted by atomic mass is 32.2. The van der Waals surface area contributed by atoms with E-state index in [4.69, 9.17) is 4.74 Å². The zero-order valence-corrected chi connectivity index (χ0v) is 15.6. The Morgan fingerprint density at radius 3 is 2.56 bits per heavy atom. The van der Waals surface area contributed by atoms with Gasteiger partial charge in [-0.05, 0) is 29.1 Å². The van der Waals surface area contributed by atoms with E-state index in [1.165, 1.54) is 24.5 Å². The quantitative estimate of drug-likeness (QED) is 0.519. The van der Waals surface area contributed by atoms with Gasteiger partial charge in [-0.3, -0.25) is 0 Å². The molecule has 0 aliphatic carbocycles. The highest BCUT2D eigenvalue weighted by Gasteiger charge is 2.28. The van der Waals surface area contributed by atoms with Gasteiger partial charge in [0.1, 0.15) is 22.1 Å². The summed E-state index contributed by atoms with van der Waals surface area (Å²) >= 11 is 1.04. The molecule has 8 heteroatoms. The van der Waals surface area contributed by atoms with E-state index in [0.29, 0.717) is 12.4 Å². The molecular weight excluding hydrogens is 362 g/mol. The fraction of sp³-hybridized carbons (Fsp3) is 0.235. The second-order valence-corrected chi connectivity index (χ2v) is 8.04. The molecule has 0 bridgehead atoms. The number of sulfonamides is 1. The highest BCUT2D eigenvalue weighted by Crippen LogP contribution is 2.26. The third-order valence-corrected chi connectivity index (χ3v) is 6.25. The number of carbonyl (C=O) groups excluding carboxylic acids is 1. The van der Waals surface area contributed by atoms with Crippen molar-refractivity contribution in [2.75, 3.05) is 20.8 Å². The first kappa shape index (κ1) is 19.2. The number of ether oxygens (including phenoxy) is 2. The summed E-state index contributed by atoms with van der Waals surface area (Å²) in [5.41, 5.74) is 0.798. The minimum atomic E-state index is -3.81. The lowest BCUT2D eigenvalue weighted by molar-refractivity contribution is 0.0602. The van der Waals surface area contributed by atoms with Gasteiger partial charge in [-0.15, -0.1) is 11.3 Å². The van der Waals surface area contributed by atoms with Gasteiger partial charge in [0.25, 0.3) is 0 Å². The molecule has 134 valence electrons. The molecule has 0 atom stereocenters. The Kier molecular flexibility index (Phi) is 6.35. The molecule has 0 amide bonds. The topological polar surface area (TPSA) is 72.9 Å². The predicted octanol–water partition coefficient (Wildman–Crippen LogP) is 2.92. The molecule has 1 aromatic heterocycles. The monoisotopic (exact) mass is 381 g/mol. The fourth-order valence-electron chi connectivity index (χ4n) is 2.10. The average Bonchev–Trinajstić information content (AvgIpc) is 3.11. The standard InChI is InChI=1S/C17H19NO5S2/c1-4-10-23-14-7-5-13(6-8-14)12-18(2)25(20,21)15-9-11-24-16(15)17(19)22-3/h4-9,11H,1,10,12H2,2-3H3. The average molecular weight is 381 g/mol. The van der Waals surface area contributed by atoms with E-state index in [9.17, 15) is 13.2 Å². The molecule has 0 spiro atoms. The van der Waals surface area contributed by atoms with Crippen LogP contribution in [0.1, 0.15) is 15.2 Å². The van der Waals surface area contributed by atoms with Crippen molar-refractivity contribution in [1.82, 2.24) is 4.31 Å². The molecule has 0 N–H and O–H groups in total. The summed E-state index contributed by atoms with van der Waals surface area (Å²) < 4.78 is 36.7. The first-order valence-electron chi connectivity index (χ1n) is 7.35. The Balaban J connectivity index is 2.16. The van der Waals surface area contributed by atoms with Crippen molar-refractivity contribution >= 4 is 27.3 Å². The first-order valence-corrected chi connectivity index (χ1v) is 9.67. The van der Waals surface area contributed by atoms with Crippen molar-refractivity contribution in [2.45, 2.75) is 11.4 Å². The van der Waals surface area contributed by atoms with Gasteiger partial charge in [0, 0.05) is 13.6 Å². The van der Waals surface area contributed by atoms with Gasteiger partial charge >= 0.3 is 5.97 Å². The van der Waals surface area contributed by atoms with Gasteiger partial charge in [0.15, 0.2) is 0 Å². The summed E-state index contributed by atoms with van der Waals surface area (Å²) in [5.74, 6) is 0.0191. The van der Waals surface area contributed by atoms with Crippen LogP contribution in [0.25, 0.3) is 0 Å². The maximum Gasteiger partial charge on any atom is 0.349 e. The molecule has 0 aliphatic rings. The van der Waals surface area contributed by atoms with Gasteiger partial charge in [-0.1, -0.05) is 24.8 Å². The number of rotatable bonds is 8. The number of carbonyl (C=O) groups is 1. The number of nitrogens with zero attached hydrogens (tertiary/aromatic N) is 1. The summed E-state index contributed by atoms with van der Waals surface area (Å²) in [4.78, 5) is 11.8. The van der Waals surface area contributed by atoms with Crippen molar-refractivity contribution in [3.63, 3.8) is 0 Å². The molecule has 0 fully saturated rings. The van der Waals surface area contributed by atoms with Gasteiger partial charge in [0.05, 0.1) is 7.11 Å². The maximum atomic E-state index is 12.7. The third kappa shape index (κ3) is 4.47. The lowest BCUT2D eigenvalue weighted by Crippen LogP contribution is -2.27. The SMILES string of the molecule is C=CCOc1ccc(CN(C)S(=O)(=O)c2ccsc2C(=O)OC)cc1. The normalized spacial score (nSPS) is 11.3. The van der Waals surface area contributed by atoms with Crippen LogP contribution >= 0.6 is 11.3 Å². The number of benzene rings is 1. The van der Waals surface area contributed by atoms with Crippen LogP contribution in [0.3, 0.4) is 0 Å². The van der Waals surface area contributed by atoms with E-state index in [2.05, 4.69) is 11.3 Å². The molecule has 2 aromatic rings. The van der Waals surface area contributed by atoms with Crippen LogP contribution in [-0.2, 0) is 21.3 Å². The van der Waals surface area contributed by atoms with Crippen LogP contribution in [0.5, 0.6) is 5.75 Å². The molecule has 0 saturated carbocycles. The van der Waals surface area contributed by atoms with E-state index in [1.54, 1.807) is 35.7 Å². The van der Waals surface area contributed by atoms with Gasteiger partial charge in [0.2, 0.25) is 10.0 Å². The van der Waals surface area contributed by atoms with E-state index >= 15 is 0 Å². The molecule has 0 aliphatic heterocycles. The van der Waals surface area contributed by atoms with Crippen molar-refractivity contribution in [3.05, 3.63) is 58.8 Å². The number of methoxy groups -OCH3 is 1. The molecule has 1 heterocycles. The van der Waals surface area contributed by atoms with Crippen molar-refractivity contribution < 1.29 is 22.7 Å². The Bertz CT molecular complexity index is 840. The second kappa shape index (κ2) is 8.28. The number of hydrogen-bond acceptors (Lipinski definition) is 6. The largest absolute Gasteiger partial charge is 0.490 e. The Morgan fingerprint density at radius 2 is 1.96 bits per heavy atom. The van der Waals surface area contributed by atoms with E-state index in [-0.39, 0.29) is 16.3 Å². The van der Waals surface area contributed by atoms with Crippen molar-refractivity contribution in [1.29, 1.82) is 0 Å². The smallest absolute Gasteiger partial charge is 0.349 e. The lowest BCUT2D eigenvalue weighted by Gasteiger charge is -2.17. The summed E-state index contributed by atoms with van der Waals surface area (Å²) in [5, 5.41) is 1.55. The van der Waals surface area contributed by atoms with E-state index in [0.717, 1.165) is 16.9 Å².